The zero-order valence-corrected chi connectivity index (χ0v) is 15.5. The predicted octanol–water partition coefficient (Wildman–Crippen LogP) is 4.52. The number of carbonyl (C=O) groups excluding carboxylic acids is 2. The highest BCUT2D eigenvalue weighted by atomic mass is 16.1. The molecule has 0 aromatic rings. The molecule has 0 radical (unpaired) electrons. The van der Waals surface area contributed by atoms with Gasteiger partial charge >= 0.3 is 0 Å². The van der Waals surface area contributed by atoms with Crippen molar-refractivity contribution in [2.45, 2.75) is 20.3 Å². The first-order chi connectivity index (χ1) is 13.0. The number of hydrogen-bond donors (Lipinski definition) is 0. The van der Waals surface area contributed by atoms with E-state index in [-0.39, 0.29) is 11.6 Å². The van der Waals surface area contributed by atoms with Crippen molar-refractivity contribution < 1.29 is 9.59 Å². The Morgan fingerprint density at radius 3 is 2.04 bits per heavy atom. The smallest absolute Gasteiger partial charge is 0.182 e. The van der Waals surface area contributed by atoms with Crippen molar-refractivity contribution in [1.82, 2.24) is 0 Å². The molecule has 0 amide bonds. The van der Waals surface area contributed by atoms with Gasteiger partial charge in [-0.05, 0) is 60.6 Å². The number of carbonyl (C=O) groups is 2. The Balaban J connectivity index is 2.37. The van der Waals surface area contributed by atoms with E-state index < -0.39 is 0 Å². The monoisotopic (exact) mass is 352 g/mol. The van der Waals surface area contributed by atoms with Crippen molar-refractivity contribution >= 4 is 11.6 Å². The number of allylic oxidation sites excluding steroid dienone is 16. The number of hydrogen-bond acceptors (Lipinski definition) is 2. The topological polar surface area (TPSA) is 34.1 Å². The van der Waals surface area contributed by atoms with Crippen molar-refractivity contribution in [2.24, 2.45) is 0 Å². The van der Waals surface area contributed by atoms with Crippen LogP contribution in [0.5, 0.6) is 0 Å². The zero-order chi connectivity index (χ0) is 19.5. The van der Waals surface area contributed by atoms with Gasteiger partial charge < -0.3 is 0 Å². The third kappa shape index (κ3) is 7.43. The van der Waals surface area contributed by atoms with E-state index in [9.17, 15) is 9.59 Å². The molecule has 2 rings (SSSR count). The molecule has 2 nitrogen and oxygen atoms in total. The van der Waals surface area contributed by atoms with Gasteiger partial charge in [-0.2, -0.15) is 0 Å². The van der Waals surface area contributed by atoms with Gasteiger partial charge in [0.05, 0.1) is 0 Å². The number of ketones is 2. The Labute approximate surface area is 160 Å². The third-order valence-corrected chi connectivity index (χ3v) is 3.67. The lowest BCUT2D eigenvalue weighted by molar-refractivity contribution is -0.111. The average molecular weight is 352 g/mol. The molecule has 0 atom stereocenters. The van der Waals surface area contributed by atoms with Crippen molar-refractivity contribution in [3.05, 3.63) is 95.2 Å². The van der Waals surface area contributed by atoms with E-state index in [2.05, 4.69) is 23.7 Å². The van der Waals surface area contributed by atoms with Gasteiger partial charge in [-0.3, -0.25) is 9.59 Å². The lowest BCUT2D eigenvalue weighted by Crippen LogP contribution is -1.99. The summed E-state index contributed by atoms with van der Waals surface area (Å²) in [5, 5.41) is 0. The maximum atomic E-state index is 12.4. The van der Waals surface area contributed by atoms with Crippen LogP contribution in [0.4, 0.5) is 0 Å². The van der Waals surface area contributed by atoms with Crippen molar-refractivity contribution in [3.8, 4) is 23.7 Å². The standard InChI is InChI=1S/C25H20O2/c1-20-9-3-4-10-21(2)12-8-16-25(27)23-14-6-5-13-22(19-23)17-18-24(26)15-7-11-20/h5-8,11-18H,19H2,1-2H3/b15-7+,16-8+,18-17+,20-11-,21-12-. The molecule has 0 aromatic heterocycles. The number of fused-ring (bicyclic) bond motifs is 2. The molecule has 0 saturated carbocycles. The fraction of sp³-hybridized carbons (Fsp3) is 0.120. The molecular weight excluding hydrogens is 332 g/mol. The Morgan fingerprint density at radius 1 is 0.704 bits per heavy atom. The van der Waals surface area contributed by atoms with Crippen LogP contribution in [0.15, 0.2) is 95.2 Å². The van der Waals surface area contributed by atoms with Gasteiger partial charge in [-0.1, -0.05) is 66.5 Å². The van der Waals surface area contributed by atoms with Crippen molar-refractivity contribution in [1.29, 1.82) is 0 Å². The summed E-state index contributed by atoms with van der Waals surface area (Å²) in [7, 11) is 0. The van der Waals surface area contributed by atoms with Crippen molar-refractivity contribution in [3.63, 3.8) is 0 Å². The van der Waals surface area contributed by atoms with E-state index >= 15 is 0 Å². The highest BCUT2D eigenvalue weighted by molar-refractivity contribution is 6.05. The Hall–Kier alpha value is -3.62. The minimum Gasteiger partial charge on any atom is -0.290 e. The lowest BCUT2D eigenvalue weighted by Gasteiger charge is -2.02. The highest BCUT2D eigenvalue weighted by Crippen LogP contribution is 2.17. The fourth-order valence-corrected chi connectivity index (χ4v) is 2.23. The summed E-state index contributed by atoms with van der Waals surface area (Å²) in [5.74, 6) is 11.2. The highest BCUT2D eigenvalue weighted by Gasteiger charge is 2.08. The molecule has 2 bridgehead atoms. The van der Waals surface area contributed by atoms with Crippen molar-refractivity contribution in [2.75, 3.05) is 0 Å². The second kappa shape index (κ2) is 10.4. The molecule has 132 valence electrons. The molecule has 0 aliphatic heterocycles. The quantitative estimate of drug-likeness (QED) is 0.601. The molecule has 0 unspecified atom stereocenters. The van der Waals surface area contributed by atoms with Gasteiger partial charge in [0.15, 0.2) is 11.6 Å². The van der Waals surface area contributed by atoms with Crippen LogP contribution in [0.2, 0.25) is 0 Å². The van der Waals surface area contributed by atoms with E-state index in [1.165, 1.54) is 18.2 Å². The maximum absolute atomic E-state index is 12.4. The van der Waals surface area contributed by atoms with Gasteiger partial charge in [0, 0.05) is 12.0 Å². The van der Waals surface area contributed by atoms with Crippen LogP contribution in [-0.2, 0) is 9.59 Å². The molecule has 2 aliphatic rings. The third-order valence-electron chi connectivity index (χ3n) is 3.67. The zero-order valence-electron chi connectivity index (χ0n) is 15.5. The van der Waals surface area contributed by atoms with E-state index in [0.717, 1.165) is 16.7 Å². The molecule has 27 heavy (non-hydrogen) atoms. The van der Waals surface area contributed by atoms with Gasteiger partial charge in [-0.15, -0.1) is 0 Å². The van der Waals surface area contributed by atoms with E-state index in [0.29, 0.717) is 12.0 Å². The summed E-state index contributed by atoms with van der Waals surface area (Å²) in [6, 6.07) is 0. The van der Waals surface area contributed by atoms with E-state index in [1.54, 1.807) is 36.5 Å². The summed E-state index contributed by atoms with van der Waals surface area (Å²) in [6.07, 6.45) is 21.0. The molecule has 2 aliphatic carbocycles. The van der Waals surface area contributed by atoms with Gasteiger partial charge in [0.2, 0.25) is 0 Å². The molecule has 0 saturated heterocycles. The Morgan fingerprint density at radius 2 is 1.33 bits per heavy atom. The minimum absolute atomic E-state index is 0.0679. The summed E-state index contributed by atoms with van der Waals surface area (Å²) < 4.78 is 0. The van der Waals surface area contributed by atoms with Crippen LogP contribution in [0.1, 0.15) is 20.3 Å². The molecular formula is C25H20O2. The second-order valence-electron chi connectivity index (χ2n) is 6.01. The Bertz CT molecular complexity index is 992. The van der Waals surface area contributed by atoms with Gasteiger partial charge in [0.1, 0.15) is 0 Å². The van der Waals surface area contributed by atoms with Gasteiger partial charge in [0.25, 0.3) is 0 Å². The molecule has 0 N–H and O–H groups in total. The maximum Gasteiger partial charge on any atom is 0.182 e. The predicted molar refractivity (Wildman–Crippen MR) is 110 cm³/mol. The molecule has 2 heteroatoms. The second-order valence-corrected chi connectivity index (χ2v) is 6.01. The van der Waals surface area contributed by atoms with E-state index in [1.807, 2.05) is 32.1 Å². The first-order valence-electron chi connectivity index (χ1n) is 8.59. The first kappa shape index (κ1) is 19.7. The first-order valence-corrected chi connectivity index (χ1v) is 8.59. The van der Waals surface area contributed by atoms with Crippen LogP contribution in [0, 0.1) is 23.7 Å². The lowest BCUT2D eigenvalue weighted by atomic mass is 10.0. The average Bonchev–Trinajstić information content (AvgIpc) is 2.88. The molecule has 0 aromatic carbocycles. The number of rotatable bonds is 0. The fourth-order valence-electron chi connectivity index (χ4n) is 2.23. The van der Waals surface area contributed by atoms with E-state index in [4.69, 9.17) is 0 Å². The minimum atomic E-state index is -0.129. The molecule has 0 heterocycles. The SMILES string of the molecule is C/C1=C/C=C/C(=O)/C=C/C2=CC=CC=C(C2)C(=O)/C=C/C=C(/C)C#CC#C1. The Kier molecular flexibility index (Phi) is 7.58. The van der Waals surface area contributed by atoms with Crippen LogP contribution in [-0.4, -0.2) is 11.6 Å². The molecule has 0 fully saturated rings. The van der Waals surface area contributed by atoms with Crippen LogP contribution < -0.4 is 0 Å². The summed E-state index contributed by atoms with van der Waals surface area (Å²) in [4.78, 5) is 24.4. The normalized spacial score (nSPS) is 25.0. The summed E-state index contributed by atoms with van der Waals surface area (Å²) >= 11 is 0. The summed E-state index contributed by atoms with van der Waals surface area (Å²) in [5.41, 5.74) is 3.19. The molecule has 0 spiro atoms. The van der Waals surface area contributed by atoms with Crippen LogP contribution in [0.25, 0.3) is 0 Å². The van der Waals surface area contributed by atoms with Crippen LogP contribution >= 0.6 is 0 Å². The largest absolute Gasteiger partial charge is 0.290 e. The summed E-state index contributed by atoms with van der Waals surface area (Å²) in [6.45, 7) is 3.72. The van der Waals surface area contributed by atoms with Crippen LogP contribution in [0.3, 0.4) is 0 Å². The van der Waals surface area contributed by atoms with Gasteiger partial charge in [-0.25, -0.2) is 0 Å².